The number of anilines is 3. The number of unbranched alkanes of at least 4 members (excludes halogenated alkanes) is 1. The molecule has 4 aromatic rings. The van der Waals surface area contributed by atoms with Crippen LogP contribution in [-0.4, -0.2) is 73.6 Å². The Balaban J connectivity index is 1.24. The smallest absolute Gasteiger partial charge is 0.330 e. The average molecular weight is 677 g/mol. The third-order valence-corrected chi connectivity index (χ3v) is 9.61. The lowest BCUT2D eigenvalue weighted by Gasteiger charge is -2.36. The number of benzene rings is 3. The topological polar surface area (TPSA) is 91.3 Å². The highest BCUT2D eigenvalue weighted by molar-refractivity contribution is 6.05. The van der Waals surface area contributed by atoms with E-state index in [1.165, 1.54) is 25.1 Å². The zero-order chi connectivity index (χ0) is 35.0. The number of piperazine rings is 1. The number of Topliss-reactive ketones (excluding diaryl/α,β-unsaturated/α-hetero) is 1. The van der Waals surface area contributed by atoms with Gasteiger partial charge in [0.15, 0.2) is 0 Å². The lowest BCUT2D eigenvalue weighted by Crippen LogP contribution is -2.47. The van der Waals surface area contributed by atoms with Gasteiger partial charge in [0.05, 0.1) is 33.0 Å². The molecule has 1 saturated heterocycles. The molecule has 10 nitrogen and oxygen atoms in total. The second kappa shape index (κ2) is 16.2. The van der Waals surface area contributed by atoms with E-state index in [2.05, 4.69) is 41.0 Å². The molecule has 1 fully saturated rings. The summed E-state index contributed by atoms with van der Waals surface area (Å²) in [7, 11) is 3.18. The molecule has 0 bridgehead atoms. The van der Waals surface area contributed by atoms with Gasteiger partial charge in [-0.2, -0.15) is 0 Å². The van der Waals surface area contributed by atoms with E-state index in [0.29, 0.717) is 61.2 Å². The Hall–Kier alpha value is -4.96. The van der Waals surface area contributed by atoms with Crippen molar-refractivity contribution in [3.63, 3.8) is 0 Å². The highest BCUT2D eigenvalue weighted by atomic mass is 16.5. The Morgan fingerprint density at radius 2 is 1.48 bits per heavy atom. The Bertz CT molecular complexity index is 1750. The minimum atomic E-state index is -0.207. The summed E-state index contributed by atoms with van der Waals surface area (Å²) in [5, 5.41) is 0. The second-order valence-electron chi connectivity index (χ2n) is 13.1. The summed E-state index contributed by atoms with van der Waals surface area (Å²) in [5.74, 6) is 2.64. The molecule has 3 aromatic carbocycles. The second-order valence-corrected chi connectivity index (χ2v) is 13.1. The number of ether oxygens (including phenoxy) is 2. The highest BCUT2D eigenvalue weighted by Crippen LogP contribution is 2.35. The first-order chi connectivity index (χ1) is 24.4. The van der Waals surface area contributed by atoms with Gasteiger partial charge in [0, 0.05) is 81.1 Å². The van der Waals surface area contributed by atoms with E-state index in [1.807, 2.05) is 49.5 Å². The van der Waals surface area contributed by atoms with Gasteiger partial charge in [0.1, 0.15) is 28.9 Å². The molecule has 3 heterocycles. The van der Waals surface area contributed by atoms with Crippen LogP contribution in [0.3, 0.4) is 0 Å². The molecule has 50 heavy (non-hydrogen) atoms. The Labute approximate surface area is 295 Å². The van der Waals surface area contributed by atoms with Crippen LogP contribution in [0.1, 0.15) is 61.2 Å². The van der Waals surface area contributed by atoms with Crippen LogP contribution < -0.4 is 24.2 Å². The Morgan fingerprint density at radius 1 is 0.820 bits per heavy atom. The van der Waals surface area contributed by atoms with Crippen molar-refractivity contribution < 1.29 is 19.1 Å². The largest absolute Gasteiger partial charge is 0.497 e. The molecule has 0 unspecified atom stereocenters. The Kier molecular flexibility index (Phi) is 11.3. The van der Waals surface area contributed by atoms with Crippen LogP contribution in [0.5, 0.6) is 11.5 Å². The number of hydrogen-bond acceptors (Lipinski definition) is 8. The third kappa shape index (κ3) is 8.25. The van der Waals surface area contributed by atoms with Gasteiger partial charge in [-0.25, -0.2) is 14.8 Å². The van der Waals surface area contributed by atoms with Crippen LogP contribution in [0.25, 0.3) is 0 Å². The van der Waals surface area contributed by atoms with Crippen molar-refractivity contribution in [2.45, 2.75) is 59.0 Å². The summed E-state index contributed by atoms with van der Waals surface area (Å²) in [4.78, 5) is 44.6. The predicted octanol–water partition coefficient (Wildman–Crippen LogP) is 6.68. The molecular formula is C40H48N6O4. The SMILES string of the molecule is CCCCN1CCN(c2ccc(Cc3ncc4c(n3)N(Cc3ccc(CC(=O)CC)cc3)C(=O)N(c3cc(OC)cc(OC)c3)C4)cc2)CC1. The molecule has 2 aliphatic heterocycles. The Morgan fingerprint density at radius 3 is 2.12 bits per heavy atom. The fourth-order valence-electron chi connectivity index (χ4n) is 6.55. The molecule has 2 amide bonds. The summed E-state index contributed by atoms with van der Waals surface area (Å²) in [6.45, 7) is 10.2. The van der Waals surface area contributed by atoms with Gasteiger partial charge in [-0.1, -0.05) is 56.7 Å². The number of carbonyl (C=O) groups excluding carboxylic acids is 2. The fraction of sp³-hybridized carbons (Fsp3) is 0.400. The van der Waals surface area contributed by atoms with Gasteiger partial charge >= 0.3 is 6.03 Å². The summed E-state index contributed by atoms with van der Waals surface area (Å²) in [6.07, 6.45) is 5.80. The fourth-order valence-corrected chi connectivity index (χ4v) is 6.55. The highest BCUT2D eigenvalue weighted by Gasteiger charge is 2.34. The monoisotopic (exact) mass is 676 g/mol. The number of methoxy groups -OCH3 is 2. The normalized spacial score (nSPS) is 14.9. The van der Waals surface area contributed by atoms with Crippen molar-refractivity contribution in [2.24, 2.45) is 0 Å². The summed E-state index contributed by atoms with van der Waals surface area (Å²) in [6, 6.07) is 21.8. The van der Waals surface area contributed by atoms with E-state index in [1.54, 1.807) is 30.1 Å². The van der Waals surface area contributed by atoms with Crippen LogP contribution >= 0.6 is 0 Å². The number of fused-ring (bicyclic) bond motifs is 1. The zero-order valence-corrected chi connectivity index (χ0v) is 29.7. The summed E-state index contributed by atoms with van der Waals surface area (Å²) < 4.78 is 11.0. The standard InChI is InChI=1S/C40H48N6O4/c1-5-7-16-43-17-19-44(20-18-43)33-14-12-30(13-15-33)22-38-41-26-32-28-45(34-23-36(49-3)25-37(24-34)50-4)40(48)46(39(32)42-38)27-31-10-8-29(9-11-31)21-35(47)6-2/h8-15,23-26H,5-7,16-22,27-28H2,1-4H3. The molecule has 0 radical (unpaired) electrons. The molecular weight excluding hydrogens is 628 g/mol. The van der Waals surface area contributed by atoms with Crippen molar-refractivity contribution in [3.05, 3.63) is 101 Å². The molecule has 1 aromatic heterocycles. The average Bonchev–Trinajstić information content (AvgIpc) is 3.16. The van der Waals surface area contributed by atoms with Gasteiger partial charge in [-0.15, -0.1) is 0 Å². The van der Waals surface area contributed by atoms with Crippen LogP contribution in [-0.2, 0) is 30.7 Å². The predicted molar refractivity (Wildman–Crippen MR) is 198 cm³/mol. The van der Waals surface area contributed by atoms with E-state index in [9.17, 15) is 9.59 Å². The maximum Gasteiger partial charge on any atom is 0.330 e. The van der Waals surface area contributed by atoms with Gasteiger partial charge in [0.25, 0.3) is 0 Å². The van der Waals surface area contributed by atoms with E-state index in [-0.39, 0.29) is 11.8 Å². The molecule has 6 rings (SSSR count). The van der Waals surface area contributed by atoms with Crippen molar-refractivity contribution in [1.82, 2.24) is 14.9 Å². The van der Waals surface area contributed by atoms with E-state index < -0.39 is 0 Å². The third-order valence-electron chi connectivity index (χ3n) is 9.61. The maximum absolute atomic E-state index is 14.3. The number of carbonyl (C=O) groups is 2. The van der Waals surface area contributed by atoms with Crippen LogP contribution in [0.15, 0.2) is 72.9 Å². The first-order valence-corrected chi connectivity index (χ1v) is 17.7. The van der Waals surface area contributed by atoms with E-state index >= 15 is 0 Å². The minimum absolute atomic E-state index is 0.196. The van der Waals surface area contributed by atoms with Gasteiger partial charge < -0.3 is 14.4 Å². The summed E-state index contributed by atoms with van der Waals surface area (Å²) >= 11 is 0. The van der Waals surface area contributed by atoms with Gasteiger partial charge in [-0.05, 0) is 41.8 Å². The first kappa shape index (κ1) is 34.9. The van der Waals surface area contributed by atoms with Crippen LogP contribution in [0.2, 0.25) is 0 Å². The van der Waals surface area contributed by atoms with E-state index in [4.69, 9.17) is 19.4 Å². The quantitative estimate of drug-likeness (QED) is 0.146. The molecule has 2 aliphatic rings. The zero-order valence-electron chi connectivity index (χ0n) is 29.7. The van der Waals surface area contributed by atoms with Gasteiger partial charge in [0.2, 0.25) is 0 Å². The number of aromatic nitrogens is 2. The number of hydrogen-bond donors (Lipinski definition) is 0. The molecule has 0 atom stereocenters. The van der Waals surface area contributed by atoms with Crippen molar-refractivity contribution in [2.75, 3.05) is 61.6 Å². The van der Waals surface area contributed by atoms with Crippen molar-refractivity contribution >= 4 is 29.0 Å². The number of urea groups is 1. The number of amides is 2. The number of nitrogens with zero attached hydrogens (tertiary/aromatic N) is 6. The van der Waals surface area contributed by atoms with Crippen molar-refractivity contribution in [3.8, 4) is 11.5 Å². The number of ketones is 1. The molecule has 0 aliphatic carbocycles. The van der Waals surface area contributed by atoms with E-state index in [0.717, 1.165) is 48.4 Å². The summed E-state index contributed by atoms with van der Waals surface area (Å²) in [5.41, 5.74) is 5.75. The minimum Gasteiger partial charge on any atom is -0.497 e. The van der Waals surface area contributed by atoms with Crippen molar-refractivity contribution in [1.29, 1.82) is 0 Å². The molecule has 0 saturated carbocycles. The molecule has 262 valence electrons. The van der Waals surface area contributed by atoms with Gasteiger partial charge in [-0.3, -0.25) is 19.5 Å². The molecule has 0 spiro atoms. The molecule has 10 heteroatoms. The lowest BCUT2D eigenvalue weighted by atomic mass is 10.0. The number of rotatable bonds is 14. The lowest BCUT2D eigenvalue weighted by molar-refractivity contribution is -0.118. The van der Waals surface area contributed by atoms with Crippen LogP contribution in [0.4, 0.5) is 22.0 Å². The molecule has 0 N–H and O–H groups in total. The first-order valence-electron chi connectivity index (χ1n) is 17.7. The maximum atomic E-state index is 14.3. The van der Waals surface area contributed by atoms with Crippen LogP contribution in [0, 0.1) is 0 Å².